The van der Waals surface area contributed by atoms with E-state index in [9.17, 15) is 0 Å². The minimum absolute atomic E-state index is 0.395. The number of nitrogens with zero attached hydrogens (tertiary/aromatic N) is 2. The average Bonchev–Trinajstić information content (AvgIpc) is 2.79. The molecule has 1 aromatic carbocycles. The van der Waals surface area contributed by atoms with E-state index in [1.807, 2.05) is 19.1 Å². The highest BCUT2D eigenvalue weighted by molar-refractivity contribution is 7.22. The first-order valence-electron chi connectivity index (χ1n) is 7.44. The van der Waals surface area contributed by atoms with E-state index < -0.39 is 0 Å². The fraction of sp³-hybridized carbons (Fsp3) is 0.562. The first-order chi connectivity index (χ1) is 9.99. The van der Waals surface area contributed by atoms with Crippen molar-refractivity contribution in [2.75, 3.05) is 32.6 Å². The molecule has 0 saturated carbocycles. The highest BCUT2D eigenvalue weighted by atomic mass is 32.1. The molecule has 2 rings (SSSR count). The molecule has 5 heteroatoms. The molecule has 21 heavy (non-hydrogen) atoms. The monoisotopic (exact) mass is 307 g/mol. The van der Waals surface area contributed by atoms with Crippen LogP contribution in [0.2, 0.25) is 0 Å². The summed E-state index contributed by atoms with van der Waals surface area (Å²) in [5.74, 6) is 1.47. The maximum atomic E-state index is 5.55. The van der Waals surface area contributed by atoms with Crippen molar-refractivity contribution in [1.29, 1.82) is 0 Å². The fourth-order valence-corrected chi connectivity index (χ4v) is 3.15. The number of aromatic nitrogens is 1. The van der Waals surface area contributed by atoms with Crippen LogP contribution >= 0.6 is 11.3 Å². The lowest BCUT2D eigenvalue weighted by atomic mass is 10.0. The maximum absolute atomic E-state index is 5.55. The molecule has 0 radical (unpaired) electrons. The third-order valence-corrected chi connectivity index (χ3v) is 4.30. The summed E-state index contributed by atoms with van der Waals surface area (Å²) in [4.78, 5) is 6.88. The molecule has 0 fully saturated rings. The minimum Gasteiger partial charge on any atom is -0.494 e. The summed E-state index contributed by atoms with van der Waals surface area (Å²) >= 11 is 1.69. The Kier molecular flexibility index (Phi) is 5.42. The van der Waals surface area contributed by atoms with Crippen LogP contribution in [0.25, 0.3) is 10.2 Å². The largest absolute Gasteiger partial charge is 0.494 e. The van der Waals surface area contributed by atoms with Crippen molar-refractivity contribution in [3.8, 4) is 5.75 Å². The van der Waals surface area contributed by atoms with Crippen molar-refractivity contribution < 1.29 is 4.74 Å². The number of fused-ring (bicyclic) bond motifs is 1. The zero-order valence-electron chi connectivity index (χ0n) is 13.5. The zero-order valence-corrected chi connectivity index (χ0v) is 14.3. The van der Waals surface area contributed by atoms with Gasteiger partial charge in [-0.05, 0) is 45.1 Å². The van der Waals surface area contributed by atoms with Gasteiger partial charge in [-0.1, -0.05) is 25.2 Å². The number of hydrogen-bond donors (Lipinski definition) is 1. The summed E-state index contributed by atoms with van der Waals surface area (Å²) in [6.45, 7) is 8.16. The molecule has 0 bridgehead atoms. The Morgan fingerprint density at radius 2 is 2.10 bits per heavy atom. The first-order valence-corrected chi connectivity index (χ1v) is 8.26. The first kappa shape index (κ1) is 16.0. The summed E-state index contributed by atoms with van der Waals surface area (Å²) in [7, 11) is 4.20. The lowest BCUT2D eigenvalue weighted by molar-refractivity contribution is 0.341. The Hall–Kier alpha value is -1.33. The summed E-state index contributed by atoms with van der Waals surface area (Å²) in [5.41, 5.74) is 1.03. The highest BCUT2D eigenvalue weighted by Gasteiger charge is 2.16. The van der Waals surface area contributed by atoms with Gasteiger partial charge in [-0.3, -0.25) is 0 Å². The normalized spacial score (nSPS) is 13.1. The number of anilines is 1. The number of rotatable bonds is 7. The van der Waals surface area contributed by atoms with E-state index in [0.29, 0.717) is 18.6 Å². The average molecular weight is 307 g/mol. The van der Waals surface area contributed by atoms with Crippen LogP contribution in [-0.2, 0) is 0 Å². The van der Waals surface area contributed by atoms with E-state index in [2.05, 4.69) is 49.2 Å². The molecule has 0 aliphatic carbocycles. The lowest BCUT2D eigenvalue weighted by Gasteiger charge is -2.25. The quantitative estimate of drug-likeness (QED) is 0.846. The van der Waals surface area contributed by atoms with Gasteiger partial charge in [-0.25, -0.2) is 4.98 Å². The predicted molar refractivity (Wildman–Crippen MR) is 91.6 cm³/mol. The number of thiazole rings is 1. The van der Waals surface area contributed by atoms with Gasteiger partial charge >= 0.3 is 0 Å². The Morgan fingerprint density at radius 3 is 2.71 bits per heavy atom. The molecule has 1 atom stereocenters. The molecule has 1 N–H and O–H groups in total. The molecule has 1 heterocycles. The van der Waals surface area contributed by atoms with E-state index in [0.717, 1.165) is 27.6 Å². The Labute approximate surface area is 131 Å². The number of benzene rings is 1. The Morgan fingerprint density at radius 1 is 1.33 bits per heavy atom. The van der Waals surface area contributed by atoms with Crippen LogP contribution in [-0.4, -0.2) is 43.2 Å². The highest BCUT2D eigenvalue weighted by Crippen LogP contribution is 2.30. The topological polar surface area (TPSA) is 37.4 Å². The fourth-order valence-electron chi connectivity index (χ4n) is 2.20. The second-order valence-electron chi connectivity index (χ2n) is 5.84. The second kappa shape index (κ2) is 7.09. The predicted octanol–water partition coefficient (Wildman–Crippen LogP) is 3.69. The van der Waals surface area contributed by atoms with Crippen LogP contribution in [0.3, 0.4) is 0 Å². The van der Waals surface area contributed by atoms with Gasteiger partial charge < -0.3 is 15.0 Å². The van der Waals surface area contributed by atoms with Crippen LogP contribution in [0.15, 0.2) is 18.2 Å². The van der Waals surface area contributed by atoms with E-state index in [4.69, 9.17) is 4.74 Å². The molecular weight excluding hydrogens is 282 g/mol. The van der Waals surface area contributed by atoms with Gasteiger partial charge in [0.2, 0.25) is 0 Å². The summed E-state index contributed by atoms with van der Waals surface area (Å²) in [5, 5.41) is 4.56. The van der Waals surface area contributed by atoms with Gasteiger partial charge in [0, 0.05) is 12.6 Å². The molecule has 0 aliphatic rings. The van der Waals surface area contributed by atoms with Crippen LogP contribution in [0.5, 0.6) is 5.75 Å². The van der Waals surface area contributed by atoms with Gasteiger partial charge in [0.15, 0.2) is 5.13 Å². The van der Waals surface area contributed by atoms with Gasteiger partial charge in [0.1, 0.15) is 5.75 Å². The molecular formula is C16H25N3OS. The van der Waals surface area contributed by atoms with Gasteiger partial charge in [-0.15, -0.1) is 0 Å². The van der Waals surface area contributed by atoms with E-state index >= 15 is 0 Å². The Bertz CT molecular complexity index is 580. The molecule has 0 aliphatic heterocycles. The molecule has 0 amide bonds. The smallest absolute Gasteiger partial charge is 0.184 e. The van der Waals surface area contributed by atoms with Crippen molar-refractivity contribution in [3.63, 3.8) is 0 Å². The number of likely N-dealkylation sites (N-methyl/N-ethyl adjacent to an activating group) is 1. The molecule has 4 nitrogen and oxygen atoms in total. The molecule has 1 aromatic heterocycles. The molecule has 0 saturated heterocycles. The van der Waals surface area contributed by atoms with E-state index in [-0.39, 0.29) is 0 Å². The van der Waals surface area contributed by atoms with E-state index in [1.165, 1.54) is 0 Å². The van der Waals surface area contributed by atoms with Gasteiger partial charge in [0.25, 0.3) is 0 Å². The molecule has 116 valence electrons. The van der Waals surface area contributed by atoms with Crippen molar-refractivity contribution in [2.24, 2.45) is 5.92 Å². The summed E-state index contributed by atoms with van der Waals surface area (Å²) < 4.78 is 6.71. The summed E-state index contributed by atoms with van der Waals surface area (Å²) in [6, 6.07) is 6.47. The van der Waals surface area contributed by atoms with Gasteiger partial charge in [-0.2, -0.15) is 0 Å². The SMILES string of the molecule is CCOc1ccc2nc(NC(CN(C)C)C(C)C)sc2c1. The second-order valence-corrected chi connectivity index (χ2v) is 6.87. The number of ether oxygens (including phenoxy) is 1. The lowest BCUT2D eigenvalue weighted by Crippen LogP contribution is -2.36. The van der Waals surface area contributed by atoms with E-state index in [1.54, 1.807) is 11.3 Å². The zero-order chi connectivity index (χ0) is 15.4. The van der Waals surface area contributed by atoms with Crippen molar-refractivity contribution >= 4 is 26.7 Å². The van der Waals surface area contributed by atoms with Gasteiger partial charge in [0.05, 0.1) is 16.8 Å². The third kappa shape index (κ3) is 4.32. The molecule has 0 spiro atoms. The minimum atomic E-state index is 0.395. The van der Waals surface area contributed by atoms with Crippen molar-refractivity contribution in [1.82, 2.24) is 9.88 Å². The third-order valence-electron chi connectivity index (χ3n) is 3.35. The van der Waals surface area contributed by atoms with Crippen molar-refractivity contribution in [3.05, 3.63) is 18.2 Å². The maximum Gasteiger partial charge on any atom is 0.184 e. The van der Waals surface area contributed by atoms with Crippen LogP contribution in [0.4, 0.5) is 5.13 Å². The molecule has 1 unspecified atom stereocenters. The number of nitrogens with one attached hydrogen (secondary N) is 1. The van der Waals surface area contributed by atoms with Crippen LogP contribution in [0, 0.1) is 5.92 Å². The van der Waals surface area contributed by atoms with Crippen LogP contribution < -0.4 is 10.1 Å². The number of hydrogen-bond acceptors (Lipinski definition) is 5. The molecule has 2 aromatic rings. The van der Waals surface area contributed by atoms with Crippen molar-refractivity contribution in [2.45, 2.75) is 26.8 Å². The standard InChI is InChI=1S/C16H25N3OS/c1-6-20-12-7-8-13-15(9-12)21-16(17-13)18-14(11(2)3)10-19(4)5/h7-9,11,14H,6,10H2,1-5H3,(H,17,18). The van der Waals surface area contributed by atoms with Crippen LogP contribution in [0.1, 0.15) is 20.8 Å². The summed E-state index contributed by atoms with van der Waals surface area (Å²) in [6.07, 6.45) is 0. The Balaban J connectivity index is 2.17.